The van der Waals surface area contributed by atoms with E-state index in [0.717, 1.165) is 0 Å². The van der Waals surface area contributed by atoms with E-state index in [1.54, 1.807) is 0 Å². The quantitative estimate of drug-likeness (QED) is 0.546. The van der Waals surface area contributed by atoms with Crippen molar-refractivity contribution in [3.05, 3.63) is 11.8 Å². The summed E-state index contributed by atoms with van der Waals surface area (Å²) >= 11 is 0. The first-order valence-corrected chi connectivity index (χ1v) is 4.55. The van der Waals surface area contributed by atoms with Crippen LogP contribution in [-0.4, -0.2) is 48.3 Å². The number of carbonyl (C=O) groups is 1. The van der Waals surface area contributed by atoms with E-state index in [9.17, 15) is 9.90 Å². The molecule has 1 amide bonds. The summed E-state index contributed by atoms with van der Waals surface area (Å²) in [5, 5.41) is 20.6. The van der Waals surface area contributed by atoms with Crippen molar-refractivity contribution in [1.29, 1.82) is 0 Å². The van der Waals surface area contributed by atoms with Gasteiger partial charge in [-0.3, -0.25) is 4.79 Å². The Hall–Kier alpha value is -0.950. The Morgan fingerprint density at radius 1 is 1.80 bits per heavy atom. The first-order chi connectivity index (χ1) is 7.08. The molecule has 0 radical (unpaired) electrons. The molecule has 1 heterocycles. The maximum absolute atomic E-state index is 10.8. The number of amides is 1. The maximum Gasteiger partial charge on any atom is 0.221 e. The van der Waals surface area contributed by atoms with E-state index >= 15 is 0 Å². The average molecular weight is 217 g/mol. The molecular weight excluding hydrogens is 202 g/mol. The Morgan fingerprint density at radius 3 is 2.93 bits per heavy atom. The van der Waals surface area contributed by atoms with E-state index in [1.807, 2.05) is 0 Å². The van der Waals surface area contributed by atoms with Crippen LogP contribution in [0.1, 0.15) is 6.92 Å². The highest BCUT2D eigenvalue weighted by Crippen LogP contribution is 2.20. The minimum absolute atomic E-state index is 0.244. The van der Waals surface area contributed by atoms with Gasteiger partial charge in [-0.05, 0) is 6.08 Å². The van der Waals surface area contributed by atoms with Crippen LogP contribution < -0.4 is 5.32 Å². The second-order valence-electron chi connectivity index (χ2n) is 3.22. The molecule has 86 valence electrons. The van der Waals surface area contributed by atoms with Gasteiger partial charge in [-0.15, -0.1) is 0 Å². The van der Waals surface area contributed by atoms with Crippen LogP contribution in [0, 0.1) is 0 Å². The Kier molecular flexibility index (Phi) is 4.22. The topological polar surface area (TPSA) is 88.0 Å². The summed E-state index contributed by atoms with van der Waals surface area (Å²) in [6.07, 6.45) is -0.869. The SMILES string of the molecule is CO[C@H]1O[C@H]([C@@H](O)CO)C=C1NC(C)=O. The molecule has 0 unspecified atom stereocenters. The molecule has 0 aliphatic carbocycles. The fourth-order valence-electron chi connectivity index (χ4n) is 1.30. The van der Waals surface area contributed by atoms with Crippen molar-refractivity contribution in [2.24, 2.45) is 0 Å². The predicted molar refractivity (Wildman–Crippen MR) is 50.7 cm³/mol. The molecule has 1 aliphatic heterocycles. The maximum atomic E-state index is 10.8. The summed E-state index contributed by atoms with van der Waals surface area (Å²) < 4.78 is 10.2. The lowest BCUT2D eigenvalue weighted by molar-refractivity contribution is -0.139. The molecule has 0 saturated carbocycles. The summed E-state index contributed by atoms with van der Waals surface area (Å²) in [6.45, 7) is 0.953. The molecule has 15 heavy (non-hydrogen) atoms. The van der Waals surface area contributed by atoms with Gasteiger partial charge in [0, 0.05) is 14.0 Å². The van der Waals surface area contributed by atoms with Crippen LogP contribution in [0.4, 0.5) is 0 Å². The monoisotopic (exact) mass is 217 g/mol. The smallest absolute Gasteiger partial charge is 0.221 e. The van der Waals surface area contributed by atoms with E-state index < -0.39 is 25.1 Å². The number of carbonyl (C=O) groups excluding carboxylic acids is 1. The first-order valence-electron chi connectivity index (χ1n) is 4.55. The zero-order valence-corrected chi connectivity index (χ0v) is 8.64. The molecule has 3 N–H and O–H groups in total. The van der Waals surface area contributed by atoms with Crippen molar-refractivity contribution in [1.82, 2.24) is 5.32 Å². The van der Waals surface area contributed by atoms with Crippen molar-refractivity contribution >= 4 is 5.91 Å². The van der Waals surface area contributed by atoms with Crippen LogP contribution in [0.2, 0.25) is 0 Å². The molecular formula is C9H15NO5. The van der Waals surface area contributed by atoms with Crippen LogP contribution in [0.25, 0.3) is 0 Å². The zero-order valence-electron chi connectivity index (χ0n) is 8.64. The summed E-state index contributed by atoms with van der Waals surface area (Å²) in [4.78, 5) is 10.8. The van der Waals surface area contributed by atoms with Gasteiger partial charge in [0.2, 0.25) is 5.91 Å². The van der Waals surface area contributed by atoms with Crippen molar-refractivity contribution in [3.63, 3.8) is 0 Å². The summed E-state index contributed by atoms with van der Waals surface area (Å²) in [5.41, 5.74) is 0.447. The number of hydrogen-bond acceptors (Lipinski definition) is 5. The van der Waals surface area contributed by atoms with Gasteiger partial charge in [-0.1, -0.05) is 0 Å². The van der Waals surface area contributed by atoms with Gasteiger partial charge in [0.05, 0.1) is 12.3 Å². The molecule has 1 rings (SSSR count). The summed E-state index contributed by atoms with van der Waals surface area (Å²) in [6, 6.07) is 0. The van der Waals surface area contributed by atoms with Crippen molar-refractivity contribution in [2.75, 3.05) is 13.7 Å². The van der Waals surface area contributed by atoms with Crippen LogP contribution in [0.5, 0.6) is 0 Å². The largest absolute Gasteiger partial charge is 0.394 e. The normalized spacial score (nSPS) is 27.3. The van der Waals surface area contributed by atoms with Crippen LogP contribution in [0.15, 0.2) is 11.8 Å². The highest BCUT2D eigenvalue weighted by molar-refractivity contribution is 5.75. The molecule has 6 nitrogen and oxygen atoms in total. The van der Waals surface area contributed by atoms with Crippen molar-refractivity contribution in [3.8, 4) is 0 Å². The van der Waals surface area contributed by atoms with E-state index in [1.165, 1.54) is 20.1 Å². The van der Waals surface area contributed by atoms with Gasteiger partial charge in [-0.25, -0.2) is 0 Å². The molecule has 0 bridgehead atoms. The number of methoxy groups -OCH3 is 1. The third-order valence-corrected chi connectivity index (χ3v) is 1.98. The molecule has 0 fully saturated rings. The van der Waals surface area contributed by atoms with Gasteiger partial charge in [-0.2, -0.15) is 0 Å². The third kappa shape index (κ3) is 3.00. The van der Waals surface area contributed by atoms with Gasteiger partial charge < -0.3 is 25.0 Å². The fourth-order valence-corrected chi connectivity index (χ4v) is 1.30. The standard InChI is InChI=1S/C9H15NO5/c1-5(12)10-6-3-8(7(13)4-11)15-9(6)14-2/h3,7-9,11,13H,4H2,1-2H3,(H,10,12)/t7-,8-,9-/m0/s1. The number of hydrogen-bond donors (Lipinski definition) is 3. The number of aliphatic hydroxyl groups excluding tert-OH is 2. The molecule has 1 aliphatic rings. The minimum atomic E-state index is -1.02. The molecule has 0 spiro atoms. The lowest BCUT2D eigenvalue weighted by Crippen LogP contribution is -2.31. The van der Waals surface area contributed by atoms with Crippen molar-refractivity contribution < 1.29 is 24.5 Å². The lowest BCUT2D eigenvalue weighted by atomic mass is 10.2. The summed E-state index contributed by atoms with van der Waals surface area (Å²) in [5.74, 6) is -0.244. The predicted octanol–water partition coefficient (Wildman–Crippen LogP) is -1.27. The molecule has 3 atom stereocenters. The van der Waals surface area contributed by atoms with Gasteiger partial charge in [0.15, 0.2) is 6.29 Å². The van der Waals surface area contributed by atoms with Crippen molar-refractivity contribution in [2.45, 2.75) is 25.4 Å². The Balaban J connectivity index is 2.68. The Labute approximate surface area is 87.5 Å². The van der Waals surface area contributed by atoms with Crippen LogP contribution in [-0.2, 0) is 14.3 Å². The zero-order chi connectivity index (χ0) is 11.4. The average Bonchev–Trinajstić information content (AvgIpc) is 2.59. The minimum Gasteiger partial charge on any atom is -0.394 e. The first kappa shape index (κ1) is 12.1. The lowest BCUT2D eigenvalue weighted by Gasteiger charge is -2.17. The second kappa shape index (κ2) is 5.22. The Morgan fingerprint density at radius 2 is 2.47 bits per heavy atom. The van der Waals surface area contributed by atoms with E-state index in [0.29, 0.717) is 5.70 Å². The van der Waals surface area contributed by atoms with Gasteiger partial charge in [0.25, 0.3) is 0 Å². The Bertz CT molecular complexity index is 265. The summed E-state index contributed by atoms with van der Waals surface area (Å²) in [7, 11) is 1.42. The number of nitrogens with one attached hydrogen (secondary N) is 1. The van der Waals surface area contributed by atoms with E-state index in [-0.39, 0.29) is 5.91 Å². The molecule has 0 aromatic heterocycles. The molecule has 0 aromatic rings. The van der Waals surface area contributed by atoms with Gasteiger partial charge >= 0.3 is 0 Å². The van der Waals surface area contributed by atoms with Gasteiger partial charge in [0.1, 0.15) is 12.2 Å². The molecule has 0 saturated heterocycles. The highest BCUT2D eigenvalue weighted by atomic mass is 16.7. The van der Waals surface area contributed by atoms with Crippen LogP contribution >= 0.6 is 0 Å². The number of rotatable bonds is 4. The van der Waals surface area contributed by atoms with E-state index in [4.69, 9.17) is 14.6 Å². The van der Waals surface area contributed by atoms with Crippen LogP contribution in [0.3, 0.4) is 0 Å². The number of ether oxygens (including phenoxy) is 2. The third-order valence-electron chi connectivity index (χ3n) is 1.98. The highest BCUT2D eigenvalue weighted by Gasteiger charge is 2.31. The second-order valence-corrected chi connectivity index (χ2v) is 3.22. The fraction of sp³-hybridized carbons (Fsp3) is 0.667. The molecule has 6 heteroatoms. The number of aliphatic hydroxyl groups is 2. The molecule has 0 aromatic carbocycles. The van der Waals surface area contributed by atoms with E-state index in [2.05, 4.69) is 5.32 Å².